The monoisotopic (exact) mass is 504 g/mol. The number of hydrogen-bond donors (Lipinski definition) is 5. The van der Waals surface area contributed by atoms with E-state index in [0.717, 1.165) is 6.92 Å². The van der Waals surface area contributed by atoms with Crippen LogP contribution < -0.4 is 0 Å². The molecule has 1 saturated heterocycles. The number of aliphatic hydroxyl groups is 5. The number of carbonyl (C=O) groups is 2. The van der Waals surface area contributed by atoms with Gasteiger partial charge in [0.2, 0.25) is 6.29 Å². The van der Waals surface area contributed by atoms with Crippen LogP contribution in [0.15, 0.2) is 11.8 Å². The molecule has 0 amide bonds. The van der Waals surface area contributed by atoms with Gasteiger partial charge in [0.05, 0.1) is 25.6 Å². The Bertz CT molecular complexity index is 770. The van der Waals surface area contributed by atoms with Crippen LogP contribution in [-0.2, 0) is 33.3 Å². The van der Waals surface area contributed by atoms with E-state index in [2.05, 4.69) is 0 Å². The van der Waals surface area contributed by atoms with E-state index in [0.29, 0.717) is 5.57 Å². The van der Waals surface area contributed by atoms with E-state index in [1.54, 1.807) is 0 Å². The second kappa shape index (κ2) is 12.0. The second-order valence-corrected chi connectivity index (χ2v) is 9.71. The molecular formula is C23H36O12. The van der Waals surface area contributed by atoms with E-state index in [1.165, 1.54) is 6.26 Å². The first kappa shape index (κ1) is 27.8. The Hall–Kier alpha value is -1.80. The van der Waals surface area contributed by atoms with Crippen molar-refractivity contribution in [2.75, 3.05) is 19.8 Å². The fourth-order valence-electron chi connectivity index (χ4n) is 4.97. The van der Waals surface area contributed by atoms with Gasteiger partial charge in [-0.3, -0.25) is 9.59 Å². The standard InChI is InChI=1S/C23H36O12/c1-10(2)4-17(28)35-22-18-13(5-15(27)14(18)6-24)12(8-31-22)9-32-23-20(30)21(33-11(3)26)19(29)16(7-25)34-23/h8,10,13-16,18-25,27,29-30H,4-7,9H2,1-3H3. The van der Waals surface area contributed by atoms with Gasteiger partial charge >= 0.3 is 11.9 Å². The van der Waals surface area contributed by atoms with Gasteiger partial charge in [-0.15, -0.1) is 0 Å². The summed E-state index contributed by atoms with van der Waals surface area (Å²) < 4.78 is 27.4. The average Bonchev–Trinajstić information content (AvgIpc) is 3.13. The summed E-state index contributed by atoms with van der Waals surface area (Å²) in [6, 6.07) is 0. The van der Waals surface area contributed by atoms with Gasteiger partial charge in [-0.05, 0) is 23.8 Å². The summed E-state index contributed by atoms with van der Waals surface area (Å²) in [6.07, 6.45) is -6.87. The van der Waals surface area contributed by atoms with Crippen LogP contribution in [0.2, 0.25) is 0 Å². The first-order valence-corrected chi connectivity index (χ1v) is 11.8. The normalized spacial score (nSPS) is 38.9. The smallest absolute Gasteiger partial charge is 0.309 e. The molecule has 10 unspecified atom stereocenters. The van der Waals surface area contributed by atoms with Gasteiger partial charge in [0.15, 0.2) is 12.4 Å². The largest absolute Gasteiger partial charge is 0.462 e. The maximum atomic E-state index is 12.2. The summed E-state index contributed by atoms with van der Waals surface area (Å²) in [7, 11) is 0. The molecule has 0 aromatic rings. The van der Waals surface area contributed by atoms with E-state index >= 15 is 0 Å². The zero-order valence-electron chi connectivity index (χ0n) is 20.1. The predicted molar refractivity (Wildman–Crippen MR) is 116 cm³/mol. The van der Waals surface area contributed by atoms with Crippen molar-refractivity contribution in [3.8, 4) is 0 Å². The summed E-state index contributed by atoms with van der Waals surface area (Å²) in [4.78, 5) is 23.6. The van der Waals surface area contributed by atoms with Crippen LogP contribution in [0.1, 0.15) is 33.6 Å². The Kier molecular flexibility index (Phi) is 9.49. The van der Waals surface area contributed by atoms with Crippen molar-refractivity contribution in [3.05, 3.63) is 11.8 Å². The third-order valence-corrected chi connectivity index (χ3v) is 6.66. The number of ether oxygens (including phenoxy) is 5. The number of fused-ring (bicyclic) bond motifs is 1. The van der Waals surface area contributed by atoms with Crippen LogP contribution in [0.4, 0.5) is 0 Å². The second-order valence-electron chi connectivity index (χ2n) is 9.71. The molecule has 12 heteroatoms. The van der Waals surface area contributed by atoms with Crippen LogP contribution in [0.5, 0.6) is 0 Å². The molecule has 1 saturated carbocycles. The summed E-state index contributed by atoms with van der Waals surface area (Å²) in [5.41, 5.74) is 0.577. The van der Waals surface area contributed by atoms with Gasteiger partial charge in [-0.25, -0.2) is 0 Å². The molecule has 1 aliphatic carbocycles. The highest BCUT2D eigenvalue weighted by molar-refractivity contribution is 5.69. The zero-order chi connectivity index (χ0) is 25.9. The third kappa shape index (κ3) is 6.31. The molecule has 2 heterocycles. The molecule has 0 spiro atoms. The van der Waals surface area contributed by atoms with Crippen LogP contribution in [0.3, 0.4) is 0 Å². The summed E-state index contributed by atoms with van der Waals surface area (Å²) >= 11 is 0. The lowest BCUT2D eigenvalue weighted by Gasteiger charge is -2.41. The van der Waals surface area contributed by atoms with Crippen molar-refractivity contribution < 1.29 is 58.8 Å². The SMILES string of the molecule is CC(=O)OC1C(O)C(CO)OC(OCC2=COC(OC(=O)CC(C)C)C3C2CC(O)C3CO)C1O. The maximum Gasteiger partial charge on any atom is 0.309 e. The van der Waals surface area contributed by atoms with Crippen LogP contribution in [0, 0.1) is 23.7 Å². The Morgan fingerprint density at radius 1 is 1.09 bits per heavy atom. The third-order valence-electron chi connectivity index (χ3n) is 6.66. The molecule has 0 bridgehead atoms. The molecule has 3 rings (SSSR count). The number of esters is 2. The fourth-order valence-corrected chi connectivity index (χ4v) is 4.97. The Balaban J connectivity index is 1.72. The molecule has 200 valence electrons. The van der Waals surface area contributed by atoms with Crippen LogP contribution in [-0.4, -0.2) is 100 Å². The average molecular weight is 505 g/mol. The minimum atomic E-state index is -1.54. The maximum absolute atomic E-state index is 12.2. The number of rotatable bonds is 9. The lowest BCUT2D eigenvalue weighted by Crippen LogP contribution is -2.60. The highest BCUT2D eigenvalue weighted by Crippen LogP contribution is 2.47. The number of aliphatic hydroxyl groups excluding tert-OH is 5. The molecule has 10 atom stereocenters. The molecule has 5 N–H and O–H groups in total. The molecule has 0 aromatic carbocycles. The van der Waals surface area contributed by atoms with E-state index in [1.807, 2.05) is 13.8 Å². The van der Waals surface area contributed by atoms with Crippen molar-refractivity contribution in [1.29, 1.82) is 0 Å². The van der Waals surface area contributed by atoms with Crippen LogP contribution in [0.25, 0.3) is 0 Å². The molecule has 2 aliphatic heterocycles. The first-order valence-electron chi connectivity index (χ1n) is 11.8. The highest BCUT2D eigenvalue weighted by Gasteiger charge is 2.52. The molecule has 2 fully saturated rings. The highest BCUT2D eigenvalue weighted by atomic mass is 16.7. The van der Waals surface area contributed by atoms with Crippen molar-refractivity contribution in [2.24, 2.45) is 23.7 Å². The van der Waals surface area contributed by atoms with Crippen molar-refractivity contribution in [2.45, 2.75) is 76.7 Å². The van der Waals surface area contributed by atoms with Gasteiger partial charge in [-0.1, -0.05) is 13.8 Å². The van der Waals surface area contributed by atoms with Crippen molar-refractivity contribution >= 4 is 11.9 Å². The van der Waals surface area contributed by atoms with Gasteiger partial charge in [-0.2, -0.15) is 0 Å². The van der Waals surface area contributed by atoms with Crippen molar-refractivity contribution in [3.63, 3.8) is 0 Å². The topological polar surface area (TPSA) is 181 Å². The molecular weight excluding hydrogens is 468 g/mol. The summed E-state index contributed by atoms with van der Waals surface area (Å²) in [5, 5.41) is 50.7. The van der Waals surface area contributed by atoms with Crippen molar-refractivity contribution in [1.82, 2.24) is 0 Å². The van der Waals surface area contributed by atoms with Gasteiger partial charge < -0.3 is 49.2 Å². The van der Waals surface area contributed by atoms with Crippen LogP contribution >= 0.6 is 0 Å². The number of carbonyl (C=O) groups excluding carboxylic acids is 2. The van der Waals surface area contributed by atoms with E-state index in [4.69, 9.17) is 23.7 Å². The predicted octanol–water partition coefficient (Wildman–Crippen LogP) is -1.19. The molecule has 0 aromatic heterocycles. The van der Waals surface area contributed by atoms with E-state index < -0.39 is 73.5 Å². The lowest BCUT2D eigenvalue weighted by atomic mass is 9.83. The van der Waals surface area contributed by atoms with E-state index in [9.17, 15) is 35.1 Å². The summed E-state index contributed by atoms with van der Waals surface area (Å²) in [5.74, 6) is -2.55. The number of hydrogen-bond acceptors (Lipinski definition) is 12. The Morgan fingerprint density at radius 2 is 1.80 bits per heavy atom. The molecule has 12 nitrogen and oxygen atoms in total. The quantitative estimate of drug-likeness (QED) is 0.237. The molecule has 3 aliphatic rings. The van der Waals surface area contributed by atoms with E-state index in [-0.39, 0.29) is 37.9 Å². The molecule has 0 radical (unpaired) electrons. The fraction of sp³-hybridized carbons (Fsp3) is 0.826. The molecule has 35 heavy (non-hydrogen) atoms. The summed E-state index contributed by atoms with van der Waals surface area (Å²) in [6.45, 7) is 3.81. The lowest BCUT2D eigenvalue weighted by molar-refractivity contribution is -0.301. The minimum absolute atomic E-state index is 0.0863. The first-order chi connectivity index (χ1) is 16.6. The van der Waals surface area contributed by atoms with Gasteiger partial charge in [0.1, 0.15) is 18.3 Å². The minimum Gasteiger partial charge on any atom is -0.462 e. The Morgan fingerprint density at radius 3 is 2.40 bits per heavy atom. The van der Waals surface area contributed by atoms with Gasteiger partial charge in [0, 0.05) is 31.8 Å². The van der Waals surface area contributed by atoms with Gasteiger partial charge in [0.25, 0.3) is 0 Å². The zero-order valence-corrected chi connectivity index (χ0v) is 20.1. The Labute approximate surface area is 203 Å².